The number of hydrogen-bond donors (Lipinski definition) is 0. The Morgan fingerprint density at radius 1 is 1.18 bits per heavy atom. The van der Waals surface area contributed by atoms with Gasteiger partial charge < -0.3 is 0 Å². The maximum absolute atomic E-state index is 4.16. The largest absolute Gasteiger partial charge is 0.340 e. The van der Waals surface area contributed by atoms with E-state index in [9.17, 15) is 0 Å². The number of nitrogens with zero attached hydrogens (tertiary/aromatic N) is 1. The molecule has 0 N–H and O–H groups in total. The summed E-state index contributed by atoms with van der Waals surface area (Å²) in [7, 11) is 0. The minimum absolute atomic E-state index is 0.398. The highest BCUT2D eigenvalue weighted by molar-refractivity contribution is 5.45. The minimum atomic E-state index is 0.398. The van der Waals surface area contributed by atoms with Crippen molar-refractivity contribution in [1.29, 1.82) is 0 Å². The second-order valence-corrected chi connectivity index (χ2v) is 2.73. The Bertz CT molecular complexity index is 264. The summed E-state index contributed by atoms with van der Waals surface area (Å²) >= 11 is 0. The maximum Gasteiger partial charge on any atom is 0.340 e. The molecule has 0 atom stereocenters. The summed E-state index contributed by atoms with van der Waals surface area (Å²) in [5.41, 5.74) is 0.973. The molecule has 0 aliphatic rings. The molecule has 0 unspecified atom stereocenters. The lowest BCUT2D eigenvalue weighted by Gasteiger charge is -1.76. The SMILES string of the molecule is CC(C)C#[N+]c1ccccc1. The zero-order chi connectivity index (χ0) is 8.10. The van der Waals surface area contributed by atoms with Crippen molar-refractivity contribution in [2.45, 2.75) is 13.8 Å². The van der Waals surface area contributed by atoms with Gasteiger partial charge in [-0.1, -0.05) is 18.2 Å². The lowest BCUT2D eigenvalue weighted by atomic mass is 10.2. The predicted molar refractivity (Wildman–Crippen MR) is 48.2 cm³/mol. The van der Waals surface area contributed by atoms with Crippen LogP contribution in [0.2, 0.25) is 0 Å². The molecule has 1 heteroatoms. The van der Waals surface area contributed by atoms with Gasteiger partial charge in [-0.15, -0.1) is 0 Å². The second kappa shape index (κ2) is 3.78. The van der Waals surface area contributed by atoms with Crippen LogP contribution in [-0.2, 0) is 0 Å². The highest BCUT2D eigenvalue weighted by atomic mass is 14.7. The molecule has 56 valence electrons. The van der Waals surface area contributed by atoms with Crippen molar-refractivity contribution in [3.63, 3.8) is 0 Å². The van der Waals surface area contributed by atoms with Crippen molar-refractivity contribution in [2.24, 2.45) is 5.92 Å². The summed E-state index contributed by atoms with van der Waals surface area (Å²) in [5, 5.41) is 0. The molecule has 0 aliphatic carbocycles. The van der Waals surface area contributed by atoms with Gasteiger partial charge in [0.1, 0.15) is 0 Å². The van der Waals surface area contributed by atoms with Gasteiger partial charge in [0.2, 0.25) is 0 Å². The molecular weight excluding hydrogens is 134 g/mol. The molecule has 1 aromatic rings. The fourth-order valence-electron chi connectivity index (χ4n) is 0.706. The van der Waals surface area contributed by atoms with Crippen LogP contribution < -0.4 is 0 Å². The van der Waals surface area contributed by atoms with Crippen molar-refractivity contribution < 1.29 is 0 Å². The van der Waals surface area contributed by atoms with Crippen LogP contribution in [0.3, 0.4) is 0 Å². The van der Waals surface area contributed by atoms with Crippen LogP contribution in [0.4, 0.5) is 5.69 Å². The first-order valence-electron chi connectivity index (χ1n) is 3.80. The van der Waals surface area contributed by atoms with E-state index in [0.29, 0.717) is 5.92 Å². The third-order valence-corrected chi connectivity index (χ3v) is 1.21. The average molecular weight is 146 g/mol. The van der Waals surface area contributed by atoms with Gasteiger partial charge in [0, 0.05) is 12.1 Å². The highest BCUT2D eigenvalue weighted by Crippen LogP contribution is 2.09. The molecule has 11 heavy (non-hydrogen) atoms. The van der Waals surface area contributed by atoms with Gasteiger partial charge in [-0.3, -0.25) is 0 Å². The third kappa shape index (κ3) is 2.86. The summed E-state index contributed by atoms with van der Waals surface area (Å²) in [4.78, 5) is 4.16. The fraction of sp³-hybridized carbons (Fsp3) is 0.300. The molecule has 1 rings (SSSR count). The van der Waals surface area contributed by atoms with Gasteiger partial charge in [-0.25, -0.2) is 0 Å². The van der Waals surface area contributed by atoms with Crippen LogP contribution in [0.1, 0.15) is 13.8 Å². The molecule has 0 aromatic heterocycles. The summed E-state index contributed by atoms with van der Waals surface area (Å²) in [6, 6.07) is 12.8. The van der Waals surface area contributed by atoms with E-state index >= 15 is 0 Å². The van der Waals surface area contributed by atoms with Gasteiger partial charge in [0.15, 0.2) is 0 Å². The standard InChI is InChI=1S/C10H12N/c1-9(2)8-11-10-6-4-3-5-7-10/h3-7,9H,1-2H3/q+1. The Morgan fingerprint density at radius 2 is 1.82 bits per heavy atom. The molecule has 0 fully saturated rings. The first-order chi connectivity index (χ1) is 5.29. The number of benzene rings is 1. The van der Waals surface area contributed by atoms with E-state index in [4.69, 9.17) is 0 Å². The summed E-state index contributed by atoms with van der Waals surface area (Å²) in [6.45, 7) is 4.12. The van der Waals surface area contributed by atoms with Crippen molar-refractivity contribution in [3.05, 3.63) is 35.2 Å². The van der Waals surface area contributed by atoms with E-state index in [1.807, 2.05) is 30.3 Å². The van der Waals surface area contributed by atoms with Crippen LogP contribution in [0, 0.1) is 12.0 Å². The number of rotatable bonds is 0. The lowest BCUT2D eigenvalue weighted by molar-refractivity contribution is 0.865. The topological polar surface area (TPSA) is 4.36 Å². The van der Waals surface area contributed by atoms with E-state index in [0.717, 1.165) is 5.69 Å². The van der Waals surface area contributed by atoms with Crippen LogP contribution in [0.25, 0.3) is 4.85 Å². The Morgan fingerprint density at radius 3 is 2.36 bits per heavy atom. The summed E-state index contributed by atoms with van der Waals surface area (Å²) in [6.07, 6.45) is 0. The molecule has 0 radical (unpaired) electrons. The van der Waals surface area contributed by atoms with Crippen LogP contribution >= 0.6 is 0 Å². The van der Waals surface area contributed by atoms with Gasteiger partial charge in [0.25, 0.3) is 6.07 Å². The molecule has 0 amide bonds. The molecule has 0 saturated heterocycles. The van der Waals surface area contributed by atoms with Crippen molar-refractivity contribution >= 4 is 5.69 Å². The van der Waals surface area contributed by atoms with E-state index in [2.05, 4.69) is 24.8 Å². The first kappa shape index (κ1) is 7.81. The molecular formula is C10H12N+. The molecule has 0 saturated carbocycles. The fourth-order valence-corrected chi connectivity index (χ4v) is 0.706. The van der Waals surface area contributed by atoms with Crippen molar-refractivity contribution in [1.82, 2.24) is 0 Å². The molecule has 0 aliphatic heterocycles. The van der Waals surface area contributed by atoms with Crippen LogP contribution in [0.5, 0.6) is 0 Å². The second-order valence-electron chi connectivity index (χ2n) is 2.73. The van der Waals surface area contributed by atoms with Gasteiger partial charge in [-0.2, -0.15) is 0 Å². The molecule has 0 bridgehead atoms. The maximum atomic E-state index is 4.16. The number of para-hydroxylation sites is 1. The van der Waals surface area contributed by atoms with E-state index in [-0.39, 0.29) is 0 Å². The monoisotopic (exact) mass is 146 g/mol. The van der Waals surface area contributed by atoms with E-state index < -0.39 is 0 Å². The molecule has 0 heterocycles. The normalized spacial score (nSPS) is 9.00. The van der Waals surface area contributed by atoms with Gasteiger partial charge >= 0.3 is 5.69 Å². The third-order valence-electron chi connectivity index (χ3n) is 1.21. The quantitative estimate of drug-likeness (QED) is 0.529. The summed E-state index contributed by atoms with van der Waals surface area (Å²) < 4.78 is 0. The molecule has 0 spiro atoms. The predicted octanol–water partition coefficient (Wildman–Crippen LogP) is 3.31. The Labute approximate surface area is 67.5 Å². The minimum Gasteiger partial charge on any atom is -0.0617 e. The number of hydrogen-bond acceptors (Lipinski definition) is 0. The van der Waals surface area contributed by atoms with Crippen LogP contribution in [0.15, 0.2) is 30.3 Å². The van der Waals surface area contributed by atoms with Gasteiger partial charge in [-0.05, 0) is 18.7 Å². The van der Waals surface area contributed by atoms with E-state index in [1.165, 1.54) is 0 Å². The Balaban J connectivity index is 2.75. The molecule has 1 nitrogen and oxygen atoms in total. The van der Waals surface area contributed by atoms with Crippen molar-refractivity contribution in [2.75, 3.05) is 0 Å². The zero-order valence-corrected chi connectivity index (χ0v) is 6.91. The summed E-state index contributed by atoms with van der Waals surface area (Å²) in [5.74, 6) is 0.398. The smallest absolute Gasteiger partial charge is 0.0617 e. The zero-order valence-electron chi connectivity index (χ0n) is 6.91. The molecule has 1 aromatic carbocycles. The average Bonchev–Trinajstić information content (AvgIpc) is 2.03. The van der Waals surface area contributed by atoms with Gasteiger partial charge in [0.05, 0.1) is 5.92 Å². The lowest BCUT2D eigenvalue weighted by Crippen LogP contribution is -1.74. The highest BCUT2D eigenvalue weighted by Gasteiger charge is 1.98. The first-order valence-corrected chi connectivity index (χ1v) is 3.80. The van der Waals surface area contributed by atoms with Crippen LogP contribution in [-0.4, -0.2) is 0 Å². The Hall–Kier alpha value is -1.29. The van der Waals surface area contributed by atoms with E-state index in [1.54, 1.807) is 0 Å². The van der Waals surface area contributed by atoms with Crippen molar-refractivity contribution in [3.8, 4) is 6.07 Å². The Kier molecular flexibility index (Phi) is 2.68.